The van der Waals surface area contributed by atoms with Crippen molar-refractivity contribution in [3.63, 3.8) is 0 Å². The Labute approximate surface area is 134 Å². The summed E-state index contributed by atoms with van der Waals surface area (Å²) >= 11 is 1.18. The topological polar surface area (TPSA) is 55.4 Å². The lowest BCUT2D eigenvalue weighted by molar-refractivity contribution is -0.109. The van der Waals surface area contributed by atoms with Crippen LogP contribution in [0.4, 0.5) is 14.9 Å². The van der Waals surface area contributed by atoms with Crippen molar-refractivity contribution in [1.29, 1.82) is 0 Å². The molecule has 0 heterocycles. The minimum absolute atomic E-state index is 0.0349. The lowest BCUT2D eigenvalue weighted by Gasteiger charge is -2.19. The van der Waals surface area contributed by atoms with Crippen LogP contribution in [0.3, 0.4) is 0 Å². The molecule has 1 aromatic rings. The van der Waals surface area contributed by atoms with Crippen molar-refractivity contribution in [2.45, 2.75) is 33.3 Å². The lowest BCUT2D eigenvalue weighted by Crippen LogP contribution is -2.27. The monoisotopic (exact) mass is 325 g/mol. The molecule has 1 N–H and O–H groups in total. The van der Waals surface area contributed by atoms with Gasteiger partial charge in [-0.3, -0.25) is 10.1 Å². The third kappa shape index (κ3) is 7.26. The van der Waals surface area contributed by atoms with Gasteiger partial charge in [-0.05, 0) is 38.5 Å². The highest BCUT2D eigenvalue weighted by molar-refractivity contribution is 8.13. The maximum atomic E-state index is 13.9. The number of halogens is 1. The summed E-state index contributed by atoms with van der Waals surface area (Å²) in [5.74, 6) is -0.0123. The van der Waals surface area contributed by atoms with E-state index in [1.807, 2.05) is 0 Å². The molecule has 0 saturated heterocycles. The van der Waals surface area contributed by atoms with Crippen LogP contribution in [0, 0.1) is 5.82 Å². The van der Waals surface area contributed by atoms with Crippen LogP contribution in [-0.4, -0.2) is 22.6 Å². The molecule has 0 spiro atoms. The summed E-state index contributed by atoms with van der Waals surface area (Å²) in [6, 6.07) is 4.45. The van der Waals surface area contributed by atoms with Gasteiger partial charge in [-0.15, -0.1) is 0 Å². The molecule has 1 aromatic carbocycles. The van der Waals surface area contributed by atoms with Gasteiger partial charge in [0.15, 0.2) is 5.12 Å². The fourth-order valence-corrected chi connectivity index (χ4v) is 1.93. The zero-order valence-corrected chi connectivity index (χ0v) is 13.9. The molecule has 1 rings (SSSR count). The standard InChI is InChI=1S/C16H20FNO3S/c1-11(19)22-9-5-6-12-7-8-14(13(17)10-12)18-15(20)21-16(2,3)4/h5-8,10H,9H2,1-4H3,(H,18,20). The smallest absolute Gasteiger partial charge is 0.412 e. The third-order valence-electron chi connectivity index (χ3n) is 2.32. The van der Waals surface area contributed by atoms with Crippen LogP contribution in [0.2, 0.25) is 0 Å². The molecule has 0 aromatic heterocycles. The number of carbonyl (C=O) groups excluding carboxylic acids is 2. The second kappa shape index (κ2) is 7.98. The number of rotatable bonds is 4. The molecule has 1 amide bonds. The van der Waals surface area contributed by atoms with Gasteiger partial charge in [0.05, 0.1) is 5.69 Å². The number of hydrogen-bond donors (Lipinski definition) is 1. The van der Waals surface area contributed by atoms with Gasteiger partial charge in [-0.25, -0.2) is 9.18 Å². The molecule has 6 heteroatoms. The van der Waals surface area contributed by atoms with E-state index in [0.29, 0.717) is 11.3 Å². The summed E-state index contributed by atoms with van der Waals surface area (Å²) < 4.78 is 19.0. The van der Waals surface area contributed by atoms with Gasteiger partial charge in [0, 0.05) is 12.7 Å². The molecule has 0 fully saturated rings. The van der Waals surface area contributed by atoms with E-state index >= 15 is 0 Å². The Morgan fingerprint density at radius 2 is 2.05 bits per heavy atom. The summed E-state index contributed by atoms with van der Waals surface area (Å²) in [5.41, 5.74) is 0.0679. The Morgan fingerprint density at radius 3 is 2.59 bits per heavy atom. The molecular formula is C16H20FNO3S. The summed E-state index contributed by atoms with van der Waals surface area (Å²) in [7, 11) is 0. The van der Waals surface area contributed by atoms with Crippen LogP contribution < -0.4 is 5.32 Å². The molecule has 0 aliphatic carbocycles. The van der Waals surface area contributed by atoms with Crippen LogP contribution in [0.15, 0.2) is 24.3 Å². The third-order valence-corrected chi connectivity index (χ3v) is 3.09. The molecule has 0 saturated carbocycles. The molecule has 22 heavy (non-hydrogen) atoms. The zero-order chi connectivity index (χ0) is 16.8. The number of benzene rings is 1. The summed E-state index contributed by atoms with van der Waals surface area (Å²) in [4.78, 5) is 22.4. The molecule has 0 aliphatic heterocycles. The molecule has 0 bridgehead atoms. The first-order chi connectivity index (χ1) is 10.2. The number of ether oxygens (including phenoxy) is 1. The van der Waals surface area contributed by atoms with Crippen LogP contribution in [-0.2, 0) is 9.53 Å². The second-order valence-corrected chi connectivity index (χ2v) is 6.77. The maximum absolute atomic E-state index is 13.9. The normalized spacial score (nSPS) is 11.5. The fraction of sp³-hybridized carbons (Fsp3) is 0.375. The van der Waals surface area contributed by atoms with E-state index in [0.717, 1.165) is 0 Å². The molecule has 120 valence electrons. The van der Waals surface area contributed by atoms with Crippen molar-refractivity contribution in [3.8, 4) is 0 Å². The first-order valence-corrected chi connectivity index (χ1v) is 7.75. The Morgan fingerprint density at radius 1 is 1.36 bits per heavy atom. The molecule has 4 nitrogen and oxygen atoms in total. The Hall–Kier alpha value is -1.82. The van der Waals surface area contributed by atoms with E-state index in [4.69, 9.17) is 4.74 Å². The van der Waals surface area contributed by atoms with E-state index in [-0.39, 0.29) is 10.8 Å². The summed E-state index contributed by atoms with van der Waals surface area (Å²) in [6.07, 6.45) is 2.80. The predicted molar refractivity (Wildman–Crippen MR) is 88.4 cm³/mol. The number of amides is 1. The fourth-order valence-electron chi connectivity index (χ4n) is 1.50. The van der Waals surface area contributed by atoms with Crippen LogP contribution in [0.25, 0.3) is 6.08 Å². The van der Waals surface area contributed by atoms with Gasteiger partial charge < -0.3 is 4.74 Å². The number of nitrogens with one attached hydrogen (secondary N) is 1. The average molecular weight is 325 g/mol. The quantitative estimate of drug-likeness (QED) is 0.887. The largest absolute Gasteiger partial charge is 0.444 e. The number of thioether (sulfide) groups is 1. The van der Waals surface area contributed by atoms with Crippen molar-refractivity contribution >= 4 is 34.7 Å². The van der Waals surface area contributed by atoms with Gasteiger partial charge >= 0.3 is 6.09 Å². The number of carbonyl (C=O) groups is 2. The SMILES string of the molecule is CC(=O)SCC=Cc1ccc(NC(=O)OC(C)(C)C)c(F)c1. The molecule has 0 unspecified atom stereocenters. The van der Waals surface area contributed by atoms with Crippen LogP contribution in [0.1, 0.15) is 33.3 Å². The van der Waals surface area contributed by atoms with Crippen molar-refractivity contribution < 1.29 is 18.7 Å². The van der Waals surface area contributed by atoms with E-state index in [2.05, 4.69) is 5.32 Å². The molecule has 0 radical (unpaired) electrons. The highest BCUT2D eigenvalue weighted by Gasteiger charge is 2.17. The molecule has 0 atom stereocenters. The van der Waals surface area contributed by atoms with E-state index < -0.39 is 17.5 Å². The summed E-state index contributed by atoms with van der Waals surface area (Å²) in [5, 5.41) is 2.40. The van der Waals surface area contributed by atoms with Gasteiger partial charge in [-0.2, -0.15) is 0 Å². The molecule has 0 aliphatic rings. The zero-order valence-electron chi connectivity index (χ0n) is 13.1. The minimum Gasteiger partial charge on any atom is -0.444 e. The molecular weight excluding hydrogens is 305 g/mol. The van der Waals surface area contributed by atoms with Crippen LogP contribution >= 0.6 is 11.8 Å². The van der Waals surface area contributed by atoms with E-state index in [1.165, 1.54) is 30.8 Å². The second-order valence-electron chi connectivity index (χ2n) is 5.57. The number of hydrogen-bond acceptors (Lipinski definition) is 4. The Kier molecular flexibility index (Phi) is 6.61. The van der Waals surface area contributed by atoms with Gasteiger partial charge in [0.1, 0.15) is 11.4 Å². The summed E-state index contributed by atoms with van der Waals surface area (Å²) in [6.45, 7) is 6.69. The average Bonchev–Trinajstić information content (AvgIpc) is 2.35. The van der Waals surface area contributed by atoms with Gasteiger partial charge in [0.25, 0.3) is 0 Å². The first-order valence-electron chi connectivity index (χ1n) is 6.77. The Balaban J connectivity index is 2.65. The highest BCUT2D eigenvalue weighted by atomic mass is 32.2. The first kappa shape index (κ1) is 18.2. The van der Waals surface area contributed by atoms with Crippen molar-refractivity contribution in [2.24, 2.45) is 0 Å². The van der Waals surface area contributed by atoms with E-state index in [1.54, 1.807) is 39.0 Å². The minimum atomic E-state index is -0.701. The highest BCUT2D eigenvalue weighted by Crippen LogP contribution is 2.18. The van der Waals surface area contributed by atoms with Crippen LogP contribution in [0.5, 0.6) is 0 Å². The number of anilines is 1. The van der Waals surface area contributed by atoms with Crippen molar-refractivity contribution in [3.05, 3.63) is 35.7 Å². The van der Waals surface area contributed by atoms with Gasteiger partial charge in [-0.1, -0.05) is 30.0 Å². The Bertz CT molecular complexity index is 579. The predicted octanol–water partition coefficient (Wildman–Crippen LogP) is 4.47. The lowest BCUT2D eigenvalue weighted by atomic mass is 10.2. The van der Waals surface area contributed by atoms with Crippen molar-refractivity contribution in [2.75, 3.05) is 11.1 Å². The van der Waals surface area contributed by atoms with Gasteiger partial charge in [0.2, 0.25) is 0 Å². The van der Waals surface area contributed by atoms with Crippen molar-refractivity contribution in [1.82, 2.24) is 0 Å². The van der Waals surface area contributed by atoms with E-state index in [9.17, 15) is 14.0 Å². The maximum Gasteiger partial charge on any atom is 0.412 e.